The van der Waals surface area contributed by atoms with E-state index in [4.69, 9.17) is 25.5 Å². The van der Waals surface area contributed by atoms with Crippen molar-refractivity contribution in [3.05, 3.63) is 61.9 Å². The van der Waals surface area contributed by atoms with Crippen molar-refractivity contribution in [3.8, 4) is 11.5 Å². The molecule has 0 saturated carbocycles. The molecule has 30 heavy (non-hydrogen) atoms. The maximum atomic E-state index is 12.4. The second-order valence-corrected chi connectivity index (χ2v) is 8.80. The van der Waals surface area contributed by atoms with E-state index in [0.717, 1.165) is 54.1 Å². The number of hydrogen-bond donors (Lipinski definition) is 1. The quantitative estimate of drug-likeness (QED) is 0.534. The van der Waals surface area contributed by atoms with Gasteiger partial charge in [0, 0.05) is 29.1 Å². The van der Waals surface area contributed by atoms with E-state index in [-0.39, 0.29) is 18.5 Å². The van der Waals surface area contributed by atoms with Crippen LogP contribution in [0.1, 0.15) is 18.4 Å². The van der Waals surface area contributed by atoms with E-state index in [1.807, 2.05) is 24.3 Å². The first-order chi connectivity index (χ1) is 14.6. The highest BCUT2D eigenvalue weighted by Gasteiger charge is 2.25. The molecule has 0 unspecified atom stereocenters. The van der Waals surface area contributed by atoms with Crippen LogP contribution in [0.2, 0.25) is 5.02 Å². The van der Waals surface area contributed by atoms with Gasteiger partial charge in [-0.1, -0.05) is 17.7 Å². The topological polar surface area (TPSA) is 63.9 Å². The third-order valence-corrected chi connectivity index (χ3v) is 6.40. The van der Waals surface area contributed by atoms with Gasteiger partial charge in [0.1, 0.15) is 0 Å². The zero-order valence-electron chi connectivity index (χ0n) is 16.1. The van der Waals surface area contributed by atoms with Gasteiger partial charge in [-0.2, -0.15) is 0 Å². The molecule has 8 heteroatoms. The molecular formula is C22H20BrClN2O4. The lowest BCUT2D eigenvalue weighted by Gasteiger charge is -2.37. The van der Waals surface area contributed by atoms with Crippen LogP contribution in [0.15, 0.2) is 50.1 Å². The van der Waals surface area contributed by atoms with Crippen LogP contribution < -0.4 is 25.3 Å². The molecular weight excluding hydrogens is 472 g/mol. The lowest BCUT2D eigenvalue weighted by atomic mass is 10.0. The molecule has 0 bridgehead atoms. The second-order valence-electron chi connectivity index (χ2n) is 7.51. The molecule has 0 aliphatic carbocycles. The van der Waals surface area contributed by atoms with Crippen LogP contribution in [0, 0.1) is 0 Å². The molecule has 5 rings (SSSR count). The number of piperidine rings is 1. The average Bonchev–Trinajstić information content (AvgIpc) is 3.21. The van der Waals surface area contributed by atoms with Gasteiger partial charge in [0.05, 0.1) is 10.2 Å². The van der Waals surface area contributed by atoms with Gasteiger partial charge in [-0.3, -0.25) is 0 Å². The molecule has 2 aromatic carbocycles. The highest BCUT2D eigenvalue weighted by Crippen LogP contribution is 2.37. The molecule has 3 aromatic rings. The maximum Gasteiger partial charge on any atom is 0.338 e. The molecule has 0 radical (unpaired) electrons. The highest BCUT2D eigenvalue weighted by atomic mass is 79.9. The lowest BCUT2D eigenvalue weighted by molar-refractivity contribution is 0.174. The minimum Gasteiger partial charge on any atom is -0.454 e. The minimum atomic E-state index is -0.384. The fraction of sp³-hybridized carbons (Fsp3) is 0.318. The van der Waals surface area contributed by atoms with Gasteiger partial charge in [0.15, 0.2) is 17.1 Å². The number of rotatable bonds is 4. The summed E-state index contributed by atoms with van der Waals surface area (Å²) in [7, 11) is 0. The van der Waals surface area contributed by atoms with Crippen molar-refractivity contribution in [2.24, 2.45) is 0 Å². The molecule has 1 fully saturated rings. The van der Waals surface area contributed by atoms with Crippen molar-refractivity contribution >= 4 is 44.2 Å². The largest absolute Gasteiger partial charge is 0.454 e. The zero-order chi connectivity index (χ0) is 20.7. The Kier molecular flexibility index (Phi) is 5.35. The van der Waals surface area contributed by atoms with Crippen molar-refractivity contribution in [3.63, 3.8) is 0 Å². The Morgan fingerprint density at radius 1 is 1.10 bits per heavy atom. The molecule has 0 atom stereocenters. The van der Waals surface area contributed by atoms with Gasteiger partial charge >= 0.3 is 5.63 Å². The van der Waals surface area contributed by atoms with Gasteiger partial charge < -0.3 is 24.1 Å². The van der Waals surface area contributed by atoms with E-state index in [2.05, 4.69) is 26.1 Å². The Balaban J connectivity index is 1.62. The molecule has 2 aliphatic heterocycles. The van der Waals surface area contributed by atoms with Crippen LogP contribution in [-0.2, 0) is 6.54 Å². The summed E-state index contributed by atoms with van der Waals surface area (Å²) in [5, 5.41) is 4.81. The van der Waals surface area contributed by atoms with Gasteiger partial charge in [-0.15, -0.1) is 0 Å². The first-order valence-electron chi connectivity index (χ1n) is 9.87. The number of ether oxygens (including phenoxy) is 2. The number of halogens is 2. The monoisotopic (exact) mass is 490 g/mol. The Bertz CT molecular complexity index is 1160. The number of benzene rings is 2. The van der Waals surface area contributed by atoms with Crippen LogP contribution in [0.4, 0.5) is 5.69 Å². The van der Waals surface area contributed by atoms with E-state index >= 15 is 0 Å². The summed E-state index contributed by atoms with van der Waals surface area (Å²) in [6, 6.07) is 11.4. The molecule has 156 valence electrons. The third-order valence-electron chi connectivity index (χ3n) is 5.59. The number of hydrogen-bond acceptors (Lipinski definition) is 6. The molecule has 1 saturated heterocycles. The van der Waals surface area contributed by atoms with Gasteiger partial charge in [0.25, 0.3) is 0 Å². The van der Waals surface area contributed by atoms with Gasteiger partial charge in [-0.25, -0.2) is 4.79 Å². The van der Waals surface area contributed by atoms with Crippen molar-refractivity contribution in [2.75, 3.05) is 24.8 Å². The van der Waals surface area contributed by atoms with E-state index in [0.29, 0.717) is 21.6 Å². The number of fused-ring (bicyclic) bond motifs is 2. The van der Waals surface area contributed by atoms with Crippen LogP contribution in [-0.4, -0.2) is 25.9 Å². The van der Waals surface area contributed by atoms with Gasteiger partial charge in [0.2, 0.25) is 6.79 Å². The molecule has 0 amide bonds. The predicted octanol–water partition coefficient (Wildman–Crippen LogP) is 4.70. The minimum absolute atomic E-state index is 0.244. The summed E-state index contributed by atoms with van der Waals surface area (Å²) >= 11 is 9.83. The summed E-state index contributed by atoms with van der Waals surface area (Å²) in [5.41, 5.74) is 2.03. The maximum absolute atomic E-state index is 12.4. The average molecular weight is 492 g/mol. The second kappa shape index (κ2) is 8.13. The Labute approximate surface area is 186 Å². The number of nitrogens with one attached hydrogen (secondary N) is 1. The van der Waals surface area contributed by atoms with Crippen LogP contribution in [0.25, 0.3) is 11.0 Å². The van der Waals surface area contributed by atoms with E-state index < -0.39 is 0 Å². The van der Waals surface area contributed by atoms with Crippen LogP contribution >= 0.6 is 27.5 Å². The van der Waals surface area contributed by atoms with E-state index in [9.17, 15) is 4.79 Å². The molecule has 0 spiro atoms. The fourth-order valence-electron chi connectivity index (χ4n) is 4.18. The van der Waals surface area contributed by atoms with Crippen molar-refractivity contribution in [1.82, 2.24) is 5.32 Å². The molecule has 1 N–H and O–H groups in total. The first-order valence-corrected chi connectivity index (χ1v) is 11.0. The highest BCUT2D eigenvalue weighted by molar-refractivity contribution is 9.10. The molecule has 6 nitrogen and oxygen atoms in total. The first kappa shape index (κ1) is 19.7. The summed E-state index contributed by atoms with van der Waals surface area (Å²) in [4.78, 5) is 14.7. The van der Waals surface area contributed by atoms with Crippen molar-refractivity contribution < 1.29 is 13.9 Å². The number of anilines is 1. The Morgan fingerprint density at radius 2 is 1.90 bits per heavy atom. The van der Waals surface area contributed by atoms with Crippen molar-refractivity contribution in [2.45, 2.75) is 25.4 Å². The standard InChI is InChI=1S/C22H20BrClN2O4/c23-17-9-14(24)8-16-18(10-21(27)30-22(16)17)26(15-3-5-25-6-4-15)11-13-1-2-19-20(7-13)29-12-28-19/h1-2,7-10,15,25H,3-6,11-12H2. The molecule has 2 aliphatic rings. The number of nitrogens with zero attached hydrogens (tertiary/aromatic N) is 1. The van der Waals surface area contributed by atoms with E-state index in [1.165, 1.54) is 0 Å². The SMILES string of the molecule is O=c1cc(N(Cc2ccc3c(c2)OCO3)C2CCNCC2)c2cc(Cl)cc(Br)c2o1. The summed E-state index contributed by atoms with van der Waals surface area (Å²) < 4.78 is 17.2. The van der Waals surface area contributed by atoms with Crippen LogP contribution in [0.3, 0.4) is 0 Å². The summed E-state index contributed by atoms with van der Waals surface area (Å²) in [5.74, 6) is 1.51. The zero-order valence-corrected chi connectivity index (χ0v) is 18.5. The van der Waals surface area contributed by atoms with E-state index in [1.54, 1.807) is 12.1 Å². The van der Waals surface area contributed by atoms with Crippen molar-refractivity contribution in [1.29, 1.82) is 0 Å². The van der Waals surface area contributed by atoms with Gasteiger partial charge in [-0.05, 0) is 71.7 Å². The Morgan fingerprint density at radius 3 is 2.73 bits per heavy atom. The molecule has 3 heterocycles. The smallest absolute Gasteiger partial charge is 0.338 e. The summed E-state index contributed by atoms with van der Waals surface area (Å²) in [6.07, 6.45) is 1.96. The Hall–Kier alpha value is -2.22. The third kappa shape index (κ3) is 3.77. The lowest BCUT2D eigenvalue weighted by Crippen LogP contribution is -2.43. The predicted molar refractivity (Wildman–Crippen MR) is 120 cm³/mol. The van der Waals surface area contributed by atoms with Crippen LogP contribution in [0.5, 0.6) is 11.5 Å². The molecule has 1 aromatic heterocycles. The fourth-order valence-corrected chi connectivity index (χ4v) is 5.07. The normalized spacial score (nSPS) is 16.2. The summed E-state index contributed by atoms with van der Waals surface area (Å²) in [6.45, 7) is 2.75.